The van der Waals surface area contributed by atoms with Crippen molar-refractivity contribution in [2.24, 2.45) is 0 Å². The van der Waals surface area contributed by atoms with Gasteiger partial charge in [0.25, 0.3) is 5.91 Å². The van der Waals surface area contributed by atoms with Crippen LogP contribution in [0.2, 0.25) is 0 Å². The Hall–Kier alpha value is -2.23. The van der Waals surface area contributed by atoms with Crippen molar-refractivity contribution in [3.05, 3.63) is 53.0 Å². The van der Waals surface area contributed by atoms with Gasteiger partial charge in [-0.15, -0.1) is 0 Å². The lowest BCUT2D eigenvalue weighted by atomic mass is 10.1. The molecule has 1 amide bonds. The highest BCUT2D eigenvalue weighted by molar-refractivity contribution is 5.96. The molecule has 0 aliphatic rings. The van der Waals surface area contributed by atoms with Crippen molar-refractivity contribution in [1.29, 1.82) is 0 Å². The van der Waals surface area contributed by atoms with E-state index in [0.29, 0.717) is 17.8 Å². The summed E-state index contributed by atoms with van der Waals surface area (Å²) in [5, 5.41) is 0. The Kier molecular flexibility index (Phi) is 3.60. The second kappa shape index (κ2) is 5.18. The number of anilines is 1. The number of carbonyl (C=O) groups is 1. The minimum Gasteiger partial charge on any atom is -0.469 e. The van der Waals surface area contributed by atoms with E-state index >= 15 is 0 Å². The standard InChI is InChI=1S/C15H18N2O2/c1-10-4-5-13(16)8-14(10)15(18)17(3)9-12-6-7-19-11(12)2/h4-8H,9,16H2,1-3H3. The molecule has 2 aromatic rings. The first-order valence-electron chi connectivity index (χ1n) is 6.13. The molecular weight excluding hydrogens is 240 g/mol. The van der Waals surface area contributed by atoms with Crippen LogP contribution < -0.4 is 5.73 Å². The quantitative estimate of drug-likeness (QED) is 0.861. The SMILES string of the molecule is Cc1ccc(N)cc1C(=O)N(C)Cc1ccoc1C. The van der Waals surface area contributed by atoms with Crippen LogP contribution in [0.1, 0.15) is 27.2 Å². The number of nitrogens with two attached hydrogens (primary N) is 1. The van der Waals surface area contributed by atoms with Gasteiger partial charge in [0.1, 0.15) is 5.76 Å². The van der Waals surface area contributed by atoms with Gasteiger partial charge in [0.2, 0.25) is 0 Å². The number of nitrogen functional groups attached to an aromatic ring is 1. The zero-order chi connectivity index (χ0) is 14.0. The van der Waals surface area contributed by atoms with Gasteiger partial charge >= 0.3 is 0 Å². The topological polar surface area (TPSA) is 59.5 Å². The average molecular weight is 258 g/mol. The molecule has 4 nitrogen and oxygen atoms in total. The van der Waals surface area contributed by atoms with Crippen LogP contribution in [0, 0.1) is 13.8 Å². The number of aryl methyl sites for hydroxylation is 2. The third-order valence-electron chi connectivity index (χ3n) is 3.21. The van der Waals surface area contributed by atoms with Crippen LogP contribution in [-0.4, -0.2) is 17.9 Å². The number of amides is 1. The zero-order valence-corrected chi connectivity index (χ0v) is 11.4. The predicted octanol–water partition coefficient (Wildman–Crippen LogP) is 2.75. The second-order valence-electron chi connectivity index (χ2n) is 4.74. The normalized spacial score (nSPS) is 10.5. The lowest BCUT2D eigenvalue weighted by Gasteiger charge is -2.18. The molecule has 1 aromatic carbocycles. The van der Waals surface area contributed by atoms with Gasteiger partial charge in [0.15, 0.2) is 0 Å². The number of hydrogen-bond donors (Lipinski definition) is 1. The maximum absolute atomic E-state index is 12.4. The molecule has 4 heteroatoms. The molecule has 0 saturated heterocycles. The lowest BCUT2D eigenvalue weighted by molar-refractivity contribution is 0.0784. The fraction of sp³-hybridized carbons (Fsp3) is 0.267. The number of hydrogen-bond acceptors (Lipinski definition) is 3. The highest BCUT2D eigenvalue weighted by Gasteiger charge is 2.16. The summed E-state index contributed by atoms with van der Waals surface area (Å²) in [6, 6.07) is 7.26. The third-order valence-corrected chi connectivity index (χ3v) is 3.21. The van der Waals surface area contributed by atoms with E-state index in [4.69, 9.17) is 10.2 Å². The average Bonchev–Trinajstić information content (AvgIpc) is 2.77. The zero-order valence-electron chi connectivity index (χ0n) is 11.4. The van der Waals surface area contributed by atoms with Gasteiger partial charge in [0, 0.05) is 30.4 Å². The highest BCUT2D eigenvalue weighted by atomic mass is 16.3. The monoisotopic (exact) mass is 258 g/mol. The van der Waals surface area contributed by atoms with Gasteiger partial charge in [-0.1, -0.05) is 6.07 Å². The maximum atomic E-state index is 12.4. The minimum absolute atomic E-state index is 0.0367. The van der Waals surface area contributed by atoms with Crippen molar-refractivity contribution >= 4 is 11.6 Å². The molecule has 19 heavy (non-hydrogen) atoms. The summed E-state index contributed by atoms with van der Waals surface area (Å²) in [5.74, 6) is 0.800. The van der Waals surface area contributed by atoms with Crippen LogP contribution in [0.4, 0.5) is 5.69 Å². The van der Waals surface area contributed by atoms with E-state index in [-0.39, 0.29) is 5.91 Å². The van der Waals surface area contributed by atoms with Crippen LogP contribution >= 0.6 is 0 Å². The van der Waals surface area contributed by atoms with Gasteiger partial charge in [-0.2, -0.15) is 0 Å². The molecule has 0 aliphatic carbocycles. The lowest BCUT2D eigenvalue weighted by Crippen LogP contribution is -2.27. The van der Waals surface area contributed by atoms with Gasteiger partial charge in [0.05, 0.1) is 6.26 Å². The number of rotatable bonds is 3. The van der Waals surface area contributed by atoms with Crippen molar-refractivity contribution in [1.82, 2.24) is 4.90 Å². The van der Waals surface area contributed by atoms with Crippen molar-refractivity contribution in [2.75, 3.05) is 12.8 Å². The van der Waals surface area contributed by atoms with E-state index in [1.807, 2.05) is 26.0 Å². The molecule has 2 rings (SSSR count). The number of benzene rings is 1. The number of carbonyl (C=O) groups excluding carboxylic acids is 1. The minimum atomic E-state index is -0.0367. The summed E-state index contributed by atoms with van der Waals surface area (Å²) < 4.78 is 5.24. The fourth-order valence-electron chi connectivity index (χ4n) is 1.98. The van der Waals surface area contributed by atoms with Gasteiger partial charge in [-0.25, -0.2) is 0 Å². The number of nitrogens with zero attached hydrogens (tertiary/aromatic N) is 1. The molecule has 1 heterocycles. The molecule has 0 bridgehead atoms. The molecule has 0 unspecified atom stereocenters. The second-order valence-corrected chi connectivity index (χ2v) is 4.74. The Bertz CT molecular complexity index is 602. The molecule has 0 saturated carbocycles. The van der Waals surface area contributed by atoms with E-state index in [2.05, 4.69) is 0 Å². The van der Waals surface area contributed by atoms with Crippen LogP contribution in [0.5, 0.6) is 0 Å². The molecular formula is C15H18N2O2. The number of furan rings is 1. The van der Waals surface area contributed by atoms with Crippen molar-refractivity contribution in [3.63, 3.8) is 0 Å². The summed E-state index contributed by atoms with van der Waals surface area (Å²) in [7, 11) is 1.78. The molecule has 2 N–H and O–H groups in total. The third kappa shape index (κ3) is 2.78. The molecule has 0 atom stereocenters. The fourth-order valence-corrected chi connectivity index (χ4v) is 1.98. The van der Waals surface area contributed by atoms with Crippen molar-refractivity contribution in [2.45, 2.75) is 20.4 Å². The van der Waals surface area contributed by atoms with E-state index in [1.54, 1.807) is 30.3 Å². The van der Waals surface area contributed by atoms with E-state index in [1.165, 1.54) is 0 Å². The Morgan fingerprint density at radius 1 is 1.32 bits per heavy atom. The molecule has 0 radical (unpaired) electrons. The first-order chi connectivity index (χ1) is 8.99. The molecule has 0 aliphatic heterocycles. The summed E-state index contributed by atoms with van der Waals surface area (Å²) in [4.78, 5) is 14.1. The predicted molar refractivity (Wildman–Crippen MR) is 74.8 cm³/mol. The largest absolute Gasteiger partial charge is 0.469 e. The highest BCUT2D eigenvalue weighted by Crippen LogP contribution is 2.17. The van der Waals surface area contributed by atoms with Crippen molar-refractivity contribution < 1.29 is 9.21 Å². The first kappa shape index (κ1) is 13.2. The molecule has 1 aromatic heterocycles. The van der Waals surface area contributed by atoms with Crippen LogP contribution in [0.3, 0.4) is 0 Å². The molecule has 0 fully saturated rings. The van der Waals surface area contributed by atoms with Crippen LogP contribution in [0.15, 0.2) is 34.9 Å². The summed E-state index contributed by atoms with van der Waals surface area (Å²) in [6.07, 6.45) is 1.63. The summed E-state index contributed by atoms with van der Waals surface area (Å²) >= 11 is 0. The van der Waals surface area contributed by atoms with E-state index < -0.39 is 0 Å². The van der Waals surface area contributed by atoms with Crippen LogP contribution in [0.25, 0.3) is 0 Å². The van der Waals surface area contributed by atoms with Gasteiger partial charge < -0.3 is 15.1 Å². The first-order valence-corrected chi connectivity index (χ1v) is 6.13. The Balaban J connectivity index is 2.19. The van der Waals surface area contributed by atoms with E-state index in [9.17, 15) is 4.79 Å². The van der Waals surface area contributed by atoms with Crippen LogP contribution in [-0.2, 0) is 6.54 Å². The van der Waals surface area contributed by atoms with Gasteiger partial charge in [-0.3, -0.25) is 4.79 Å². The van der Waals surface area contributed by atoms with Crippen molar-refractivity contribution in [3.8, 4) is 0 Å². The Morgan fingerprint density at radius 2 is 2.05 bits per heavy atom. The summed E-state index contributed by atoms with van der Waals surface area (Å²) in [5.41, 5.74) is 8.92. The summed E-state index contributed by atoms with van der Waals surface area (Å²) in [6.45, 7) is 4.32. The van der Waals surface area contributed by atoms with E-state index in [0.717, 1.165) is 16.9 Å². The Labute approximate surface area is 112 Å². The smallest absolute Gasteiger partial charge is 0.254 e. The molecule has 100 valence electrons. The Morgan fingerprint density at radius 3 is 2.68 bits per heavy atom. The molecule has 0 spiro atoms. The maximum Gasteiger partial charge on any atom is 0.254 e. The van der Waals surface area contributed by atoms with Gasteiger partial charge in [-0.05, 0) is 37.6 Å².